The Kier molecular flexibility index (Phi) is 4.63. The molecule has 0 atom stereocenters. The molecule has 1 aromatic carbocycles. The molecule has 2 aromatic heterocycles. The second-order valence-corrected chi connectivity index (χ2v) is 7.28. The van der Waals surface area contributed by atoms with Gasteiger partial charge in [0.15, 0.2) is 0 Å². The Labute approximate surface area is 150 Å². The third kappa shape index (κ3) is 3.50. The van der Waals surface area contributed by atoms with Crippen molar-refractivity contribution in [3.63, 3.8) is 0 Å². The van der Waals surface area contributed by atoms with Gasteiger partial charge in [0.05, 0.1) is 18.1 Å². The number of fused-ring (bicyclic) bond motifs is 1. The summed E-state index contributed by atoms with van der Waals surface area (Å²) in [5, 5.41) is 3.32. The van der Waals surface area contributed by atoms with E-state index >= 15 is 0 Å². The molecule has 0 radical (unpaired) electrons. The number of aryl methyl sites for hydroxylation is 1. The first-order valence-electron chi connectivity index (χ1n) is 8.50. The summed E-state index contributed by atoms with van der Waals surface area (Å²) in [7, 11) is 0. The predicted molar refractivity (Wildman–Crippen MR) is 98.6 cm³/mol. The molecule has 4 rings (SSSR count). The standard InChI is InChI=1S/C19H20FN3OS/c1-13-11-25-19-17(13)18(21-12-22-19)23-8-6-16(7-9-23)24-10-14-2-4-15(20)5-3-14/h2-5,11-12,16H,6-10H2,1H3. The topological polar surface area (TPSA) is 38.2 Å². The monoisotopic (exact) mass is 357 g/mol. The Morgan fingerprint density at radius 2 is 1.96 bits per heavy atom. The number of hydrogen-bond donors (Lipinski definition) is 0. The van der Waals surface area contributed by atoms with E-state index in [1.54, 1.807) is 29.8 Å². The molecular formula is C19H20FN3OS. The summed E-state index contributed by atoms with van der Waals surface area (Å²) in [6, 6.07) is 6.51. The van der Waals surface area contributed by atoms with Gasteiger partial charge in [-0.15, -0.1) is 11.3 Å². The minimum Gasteiger partial charge on any atom is -0.373 e. The van der Waals surface area contributed by atoms with Gasteiger partial charge < -0.3 is 9.64 Å². The fraction of sp³-hybridized carbons (Fsp3) is 0.368. The highest BCUT2D eigenvalue weighted by Gasteiger charge is 2.23. The van der Waals surface area contributed by atoms with Crippen molar-refractivity contribution in [2.75, 3.05) is 18.0 Å². The first kappa shape index (κ1) is 16.4. The molecule has 4 nitrogen and oxygen atoms in total. The van der Waals surface area contributed by atoms with E-state index in [1.165, 1.54) is 23.1 Å². The molecular weight excluding hydrogens is 337 g/mol. The highest BCUT2D eigenvalue weighted by Crippen LogP contribution is 2.32. The normalized spacial score (nSPS) is 15.8. The van der Waals surface area contributed by atoms with Gasteiger partial charge in [0.25, 0.3) is 0 Å². The fourth-order valence-corrected chi connectivity index (χ4v) is 4.15. The summed E-state index contributed by atoms with van der Waals surface area (Å²) in [5.74, 6) is 0.831. The van der Waals surface area contributed by atoms with Crippen LogP contribution in [0.3, 0.4) is 0 Å². The maximum Gasteiger partial charge on any atom is 0.141 e. The van der Waals surface area contributed by atoms with Gasteiger partial charge in [-0.25, -0.2) is 14.4 Å². The van der Waals surface area contributed by atoms with Crippen LogP contribution in [0.4, 0.5) is 10.2 Å². The van der Waals surface area contributed by atoms with Crippen LogP contribution in [0.25, 0.3) is 10.2 Å². The van der Waals surface area contributed by atoms with Gasteiger partial charge >= 0.3 is 0 Å². The molecule has 0 saturated carbocycles. The maximum atomic E-state index is 12.9. The first-order chi connectivity index (χ1) is 12.2. The second-order valence-electron chi connectivity index (χ2n) is 6.42. The molecule has 3 heterocycles. The van der Waals surface area contributed by atoms with Crippen LogP contribution in [0, 0.1) is 12.7 Å². The Morgan fingerprint density at radius 1 is 1.20 bits per heavy atom. The van der Waals surface area contributed by atoms with E-state index in [2.05, 4.69) is 27.2 Å². The van der Waals surface area contributed by atoms with E-state index in [0.29, 0.717) is 6.61 Å². The largest absolute Gasteiger partial charge is 0.373 e. The molecule has 0 unspecified atom stereocenters. The van der Waals surface area contributed by atoms with Crippen molar-refractivity contribution in [1.82, 2.24) is 9.97 Å². The van der Waals surface area contributed by atoms with Crippen LogP contribution >= 0.6 is 11.3 Å². The Morgan fingerprint density at radius 3 is 2.72 bits per heavy atom. The molecule has 0 amide bonds. The quantitative estimate of drug-likeness (QED) is 0.697. The number of nitrogens with zero attached hydrogens (tertiary/aromatic N) is 3. The SMILES string of the molecule is Cc1csc2ncnc(N3CCC(OCc4ccc(F)cc4)CC3)c12. The number of benzene rings is 1. The second kappa shape index (κ2) is 7.06. The molecule has 1 aliphatic heterocycles. The third-order valence-electron chi connectivity index (χ3n) is 4.67. The molecule has 0 aliphatic carbocycles. The fourth-order valence-electron chi connectivity index (χ4n) is 3.27. The van der Waals surface area contributed by atoms with E-state index < -0.39 is 0 Å². The van der Waals surface area contributed by atoms with Gasteiger partial charge in [0, 0.05) is 13.1 Å². The lowest BCUT2D eigenvalue weighted by Crippen LogP contribution is -2.37. The van der Waals surface area contributed by atoms with E-state index in [0.717, 1.165) is 42.1 Å². The Hall–Kier alpha value is -2.05. The zero-order valence-corrected chi connectivity index (χ0v) is 14.9. The van der Waals surface area contributed by atoms with E-state index in [9.17, 15) is 4.39 Å². The molecule has 6 heteroatoms. The Bertz CT molecular complexity index is 857. The summed E-state index contributed by atoms with van der Waals surface area (Å²) in [6.45, 7) is 4.50. The average molecular weight is 357 g/mol. The van der Waals surface area contributed by atoms with Crippen molar-refractivity contribution in [3.8, 4) is 0 Å². The molecule has 0 spiro atoms. The first-order valence-corrected chi connectivity index (χ1v) is 9.38. The zero-order chi connectivity index (χ0) is 17.2. The van der Waals surface area contributed by atoms with Gasteiger partial charge in [0.2, 0.25) is 0 Å². The van der Waals surface area contributed by atoms with Crippen LogP contribution in [0.5, 0.6) is 0 Å². The minimum absolute atomic E-state index is 0.211. The lowest BCUT2D eigenvalue weighted by Gasteiger charge is -2.33. The van der Waals surface area contributed by atoms with Crippen molar-refractivity contribution < 1.29 is 9.13 Å². The molecule has 1 fully saturated rings. The van der Waals surface area contributed by atoms with Gasteiger partial charge in [0.1, 0.15) is 22.8 Å². The Balaban J connectivity index is 1.38. The highest BCUT2D eigenvalue weighted by atomic mass is 32.1. The molecule has 25 heavy (non-hydrogen) atoms. The molecule has 1 saturated heterocycles. The van der Waals surface area contributed by atoms with E-state index in [-0.39, 0.29) is 11.9 Å². The van der Waals surface area contributed by atoms with Crippen molar-refractivity contribution in [3.05, 3.63) is 52.9 Å². The zero-order valence-electron chi connectivity index (χ0n) is 14.1. The van der Waals surface area contributed by atoms with Crippen LogP contribution in [-0.2, 0) is 11.3 Å². The summed E-state index contributed by atoms with van der Waals surface area (Å²) in [4.78, 5) is 12.3. The van der Waals surface area contributed by atoms with Gasteiger partial charge in [-0.3, -0.25) is 0 Å². The highest BCUT2D eigenvalue weighted by molar-refractivity contribution is 7.17. The molecule has 3 aromatic rings. The lowest BCUT2D eigenvalue weighted by molar-refractivity contribution is 0.0250. The number of anilines is 1. The van der Waals surface area contributed by atoms with Crippen LogP contribution in [0.1, 0.15) is 24.0 Å². The van der Waals surface area contributed by atoms with Gasteiger partial charge in [-0.2, -0.15) is 0 Å². The number of aromatic nitrogens is 2. The van der Waals surface area contributed by atoms with Crippen molar-refractivity contribution >= 4 is 27.4 Å². The maximum absolute atomic E-state index is 12.9. The lowest BCUT2D eigenvalue weighted by atomic mass is 10.1. The van der Waals surface area contributed by atoms with E-state index in [4.69, 9.17) is 4.74 Å². The number of piperidine rings is 1. The predicted octanol–water partition coefficient (Wildman–Crippen LogP) is 4.32. The summed E-state index contributed by atoms with van der Waals surface area (Å²) in [6.07, 6.45) is 3.83. The average Bonchev–Trinajstić information content (AvgIpc) is 3.03. The number of rotatable bonds is 4. The number of ether oxygens (including phenoxy) is 1. The van der Waals surface area contributed by atoms with Crippen molar-refractivity contribution in [2.24, 2.45) is 0 Å². The number of hydrogen-bond acceptors (Lipinski definition) is 5. The third-order valence-corrected chi connectivity index (χ3v) is 5.68. The van der Waals surface area contributed by atoms with Crippen LogP contribution in [0.15, 0.2) is 36.0 Å². The summed E-state index contributed by atoms with van der Waals surface area (Å²) >= 11 is 1.67. The number of halogens is 1. The minimum atomic E-state index is -0.211. The van der Waals surface area contributed by atoms with E-state index in [1.807, 2.05) is 0 Å². The van der Waals surface area contributed by atoms with Crippen LogP contribution in [0.2, 0.25) is 0 Å². The summed E-state index contributed by atoms with van der Waals surface area (Å²) < 4.78 is 19.0. The molecule has 0 bridgehead atoms. The summed E-state index contributed by atoms with van der Waals surface area (Å²) in [5.41, 5.74) is 2.25. The molecule has 1 aliphatic rings. The number of thiophene rings is 1. The molecule has 0 N–H and O–H groups in total. The smallest absolute Gasteiger partial charge is 0.141 e. The van der Waals surface area contributed by atoms with Crippen molar-refractivity contribution in [1.29, 1.82) is 0 Å². The molecule has 130 valence electrons. The van der Waals surface area contributed by atoms with Crippen LogP contribution in [-0.4, -0.2) is 29.2 Å². The van der Waals surface area contributed by atoms with Gasteiger partial charge in [-0.1, -0.05) is 12.1 Å². The van der Waals surface area contributed by atoms with Crippen LogP contribution < -0.4 is 4.90 Å². The van der Waals surface area contributed by atoms with Crippen molar-refractivity contribution in [2.45, 2.75) is 32.5 Å². The van der Waals surface area contributed by atoms with Gasteiger partial charge in [-0.05, 0) is 48.4 Å².